The molecular weight excluding hydrogens is 346 g/mol. The van der Waals surface area contributed by atoms with E-state index in [-0.39, 0.29) is 0 Å². The minimum atomic E-state index is 0.384. The summed E-state index contributed by atoms with van der Waals surface area (Å²) in [6.07, 6.45) is 0. The van der Waals surface area contributed by atoms with Crippen LogP contribution in [0.1, 0.15) is 4.88 Å². The third kappa shape index (κ3) is 3.61. The van der Waals surface area contributed by atoms with Crippen molar-refractivity contribution in [1.29, 1.82) is 0 Å². The van der Waals surface area contributed by atoms with Gasteiger partial charge in [-0.1, -0.05) is 17.7 Å². The van der Waals surface area contributed by atoms with Gasteiger partial charge in [0.25, 0.3) is 10.7 Å². The molecule has 21 heavy (non-hydrogen) atoms. The first-order valence-electron chi connectivity index (χ1n) is 6.16. The molecule has 0 bridgehead atoms. The number of hydrogen-bond donors (Lipinski definition) is 0. The van der Waals surface area contributed by atoms with Gasteiger partial charge in [0.05, 0.1) is 15.9 Å². The Hall–Kier alpha value is -0.990. The predicted molar refractivity (Wildman–Crippen MR) is 89.4 cm³/mol. The fraction of sp³-hybridized carbons (Fsp3) is 0.231. The SMILES string of the molecule is CN(Cc1ccc(Cl)s1)Cn1nc(-c2cccs2)oc1=S. The third-order valence-electron chi connectivity index (χ3n) is 2.77. The van der Waals surface area contributed by atoms with Gasteiger partial charge in [0, 0.05) is 11.4 Å². The molecule has 0 radical (unpaired) electrons. The highest BCUT2D eigenvalue weighted by atomic mass is 35.5. The Morgan fingerprint density at radius 1 is 1.43 bits per heavy atom. The van der Waals surface area contributed by atoms with E-state index < -0.39 is 0 Å². The molecule has 0 fully saturated rings. The van der Waals surface area contributed by atoms with E-state index in [1.807, 2.05) is 36.7 Å². The normalized spacial score (nSPS) is 11.4. The van der Waals surface area contributed by atoms with Crippen molar-refractivity contribution < 1.29 is 4.42 Å². The summed E-state index contributed by atoms with van der Waals surface area (Å²) < 4.78 is 8.04. The molecule has 0 saturated heterocycles. The Balaban J connectivity index is 1.71. The Morgan fingerprint density at radius 3 is 2.95 bits per heavy atom. The van der Waals surface area contributed by atoms with Crippen molar-refractivity contribution in [1.82, 2.24) is 14.7 Å². The van der Waals surface area contributed by atoms with Crippen LogP contribution < -0.4 is 0 Å². The van der Waals surface area contributed by atoms with Crippen LogP contribution in [0.2, 0.25) is 4.34 Å². The van der Waals surface area contributed by atoms with Crippen molar-refractivity contribution in [3.8, 4) is 10.8 Å². The van der Waals surface area contributed by atoms with Gasteiger partial charge in [-0.05, 0) is 42.8 Å². The van der Waals surface area contributed by atoms with Gasteiger partial charge in [0.2, 0.25) is 0 Å². The van der Waals surface area contributed by atoms with Crippen LogP contribution in [0.15, 0.2) is 34.1 Å². The topological polar surface area (TPSA) is 34.2 Å². The lowest BCUT2D eigenvalue weighted by Crippen LogP contribution is -2.21. The number of hydrogen-bond acceptors (Lipinski definition) is 6. The number of rotatable bonds is 5. The van der Waals surface area contributed by atoms with Gasteiger partial charge in [-0.15, -0.1) is 27.8 Å². The van der Waals surface area contributed by atoms with E-state index in [4.69, 9.17) is 28.2 Å². The molecule has 0 aromatic carbocycles. The highest BCUT2D eigenvalue weighted by Crippen LogP contribution is 2.24. The molecule has 0 aliphatic rings. The molecular formula is C13H12ClN3OS3. The van der Waals surface area contributed by atoms with Crippen LogP contribution in [0.3, 0.4) is 0 Å². The second-order valence-corrected chi connectivity index (χ2v) is 7.61. The van der Waals surface area contributed by atoms with Crippen molar-refractivity contribution in [2.75, 3.05) is 7.05 Å². The molecule has 0 saturated carbocycles. The molecule has 3 aromatic rings. The Labute approximate surface area is 140 Å². The van der Waals surface area contributed by atoms with Crippen LogP contribution in [0.4, 0.5) is 0 Å². The highest BCUT2D eigenvalue weighted by Gasteiger charge is 2.11. The van der Waals surface area contributed by atoms with Gasteiger partial charge < -0.3 is 4.42 Å². The fourth-order valence-corrected chi connectivity index (χ4v) is 3.87. The maximum absolute atomic E-state index is 5.94. The van der Waals surface area contributed by atoms with Crippen molar-refractivity contribution in [3.05, 3.63) is 43.7 Å². The first kappa shape index (κ1) is 14.9. The average molecular weight is 358 g/mol. The largest absolute Gasteiger partial charge is 0.408 e. The zero-order valence-corrected chi connectivity index (χ0v) is 14.4. The van der Waals surface area contributed by atoms with E-state index in [0.717, 1.165) is 15.8 Å². The summed E-state index contributed by atoms with van der Waals surface area (Å²) in [5.74, 6) is 0.572. The maximum atomic E-state index is 5.94. The molecule has 3 aromatic heterocycles. The minimum absolute atomic E-state index is 0.384. The minimum Gasteiger partial charge on any atom is -0.408 e. The summed E-state index contributed by atoms with van der Waals surface area (Å²) in [5.41, 5.74) is 0. The zero-order valence-electron chi connectivity index (χ0n) is 11.2. The van der Waals surface area contributed by atoms with E-state index in [1.54, 1.807) is 27.4 Å². The van der Waals surface area contributed by atoms with E-state index in [2.05, 4.69) is 10.00 Å². The maximum Gasteiger partial charge on any atom is 0.288 e. The first-order chi connectivity index (χ1) is 10.1. The molecule has 3 heterocycles. The van der Waals surface area contributed by atoms with Crippen molar-refractivity contribution in [2.45, 2.75) is 13.2 Å². The van der Waals surface area contributed by atoms with E-state index in [9.17, 15) is 0 Å². The van der Waals surface area contributed by atoms with Gasteiger partial charge in [-0.25, -0.2) is 4.68 Å². The Morgan fingerprint density at radius 2 is 2.29 bits per heavy atom. The molecule has 4 nitrogen and oxygen atoms in total. The summed E-state index contributed by atoms with van der Waals surface area (Å²) in [5, 5.41) is 6.42. The second kappa shape index (κ2) is 6.41. The van der Waals surface area contributed by atoms with Crippen molar-refractivity contribution >= 4 is 46.5 Å². The summed E-state index contributed by atoms with van der Waals surface area (Å²) in [6, 6.07) is 7.87. The number of thiophene rings is 2. The van der Waals surface area contributed by atoms with Gasteiger partial charge in [0.1, 0.15) is 0 Å². The summed E-state index contributed by atoms with van der Waals surface area (Å²) >= 11 is 14.3. The molecule has 8 heteroatoms. The molecule has 0 N–H and O–H groups in total. The van der Waals surface area contributed by atoms with Crippen LogP contribution in [-0.2, 0) is 13.2 Å². The average Bonchev–Trinajstić information content (AvgIpc) is 3.13. The van der Waals surface area contributed by atoms with Gasteiger partial charge in [-0.3, -0.25) is 4.90 Å². The van der Waals surface area contributed by atoms with Crippen molar-refractivity contribution in [2.24, 2.45) is 0 Å². The first-order valence-corrected chi connectivity index (χ1v) is 8.64. The van der Waals surface area contributed by atoms with Gasteiger partial charge >= 0.3 is 0 Å². The lowest BCUT2D eigenvalue weighted by molar-refractivity contribution is 0.242. The zero-order chi connectivity index (χ0) is 14.8. The van der Waals surface area contributed by atoms with Crippen LogP contribution in [0, 0.1) is 4.84 Å². The van der Waals surface area contributed by atoms with Gasteiger partial charge in [-0.2, -0.15) is 0 Å². The molecule has 0 aliphatic carbocycles. The smallest absolute Gasteiger partial charge is 0.288 e. The van der Waals surface area contributed by atoms with Crippen LogP contribution in [0.25, 0.3) is 10.8 Å². The molecule has 0 unspecified atom stereocenters. The number of halogens is 1. The quantitative estimate of drug-likeness (QED) is 0.618. The number of aromatic nitrogens is 2. The molecule has 0 atom stereocenters. The third-order valence-corrected chi connectivity index (χ3v) is 5.14. The van der Waals surface area contributed by atoms with Crippen LogP contribution in [-0.4, -0.2) is 21.7 Å². The molecule has 0 spiro atoms. The lowest BCUT2D eigenvalue weighted by Gasteiger charge is -2.14. The van der Waals surface area contributed by atoms with Crippen molar-refractivity contribution in [3.63, 3.8) is 0 Å². The van der Waals surface area contributed by atoms with E-state index >= 15 is 0 Å². The summed E-state index contributed by atoms with van der Waals surface area (Å²) in [7, 11) is 2.01. The van der Waals surface area contributed by atoms with Crippen LogP contribution >= 0.6 is 46.5 Å². The van der Waals surface area contributed by atoms with E-state index in [1.165, 1.54) is 4.88 Å². The predicted octanol–water partition coefficient (Wildman–Crippen LogP) is 4.74. The van der Waals surface area contributed by atoms with E-state index in [0.29, 0.717) is 17.4 Å². The summed E-state index contributed by atoms with van der Waals surface area (Å²) in [6.45, 7) is 1.36. The molecule has 0 aliphatic heterocycles. The van der Waals surface area contributed by atoms with Crippen LogP contribution in [0.5, 0.6) is 0 Å². The Bertz CT molecular complexity index is 775. The molecule has 3 rings (SSSR count). The fourth-order valence-electron chi connectivity index (χ4n) is 1.88. The molecule has 110 valence electrons. The summed E-state index contributed by atoms with van der Waals surface area (Å²) in [4.78, 5) is 4.68. The van der Waals surface area contributed by atoms with Gasteiger partial charge in [0.15, 0.2) is 0 Å². The number of nitrogens with zero attached hydrogens (tertiary/aromatic N) is 3. The second-order valence-electron chi connectivity index (χ2n) is 4.51. The lowest BCUT2D eigenvalue weighted by atomic mass is 10.4. The Kier molecular flexibility index (Phi) is 4.56. The highest BCUT2D eigenvalue weighted by molar-refractivity contribution is 7.71. The standard InChI is InChI=1S/C13H12ClN3OS3/c1-16(7-9-4-5-11(14)21-9)8-17-13(19)18-12(15-17)10-3-2-6-20-10/h2-6H,7-8H2,1H3. The molecule has 0 amide bonds. The monoisotopic (exact) mass is 357 g/mol.